The van der Waals surface area contributed by atoms with Crippen molar-refractivity contribution in [1.82, 2.24) is 15.1 Å². The molecule has 0 heterocycles. The Balaban J connectivity index is 1.61. The molecule has 0 aliphatic heterocycles. The molecule has 2 aromatic carbocycles. The molecule has 8 N–H and O–H groups in total. The fourth-order valence-electron chi connectivity index (χ4n) is 7.82. The molecule has 5 rings (SSSR count). The van der Waals surface area contributed by atoms with Crippen LogP contribution in [0.5, 0.6) is 5.75 Å². The zero-order valence-corrected chi connectivity index (χ0v) is 26.5. The number of nitrogens with zero attached hydrogens (tertiary/aromatic N) is 3. The summed E-state index contributed by atoms with van der Waals surface area (Å²) in [7, 11) is 6.47. The van der Waals surface area contributed by atoms with E-state index in [4.69, 9.17) is 17.2 Å². The molecule has 0 bridgehead atoms. The topological polar surface area (TPSA) is 243 Å². The lowest BCUT2D eigenvalue weighted by molar-refractivity contribution is -0.166. The lowest BCUT2D eigenvalue weighted by Gasteiger charge is -2.60. The highest BCUT2D eigenvalue weighted by molar-refractivity contribution is 6.33. The smallest absolute Gasteiger partial charge is 0.235 e. The number of carbonyl (C=O) groups excluding carboxylic acids is 6. The minimum Gasteiger partial charge on any atom is -0.507 e. The quantitative estimate of drug-likeness (QED) is 0.220. The van der Waals surface area contributed by atoms with Crippen molar-refractivity contribution in [2.24, 2.45) is 34.5 Å². The molecule has 2 saturated carbocycles. The Kier molecular flexibility index (Phi) is 8.18. The number of hydrogen-bond donors (Lipinski definition) is 5. The van der Waals surface area contributed by atoms with E-state index in [2.05, 4.69) is 5.32 Å². The molecule has 14 nitrogen and oxygen atoms in total. The number of nitrogens with two attached hydrogens (primary N) is 3. The van der Waals surface area contributed by atoms with Crippen LogP contribution in [0.25, 0.3) is 11.1 Å². The van der Waals surface area contributed by atoms with Gasteiger partial charge < -0.3 is 32.5 Å². The van der Waals surface area contributed by atoms with Crippen molar-refractivity contribution >= 4 is 34.9 Å². The van der Waals surface area contributed by atoms with Gasteiger partial charge in [0.25, 0.3) is 0 Å². The molecule has 2 amide bonds. The Morgan fingerprint density at radius 3 is 2.21 bits per heavy atom. The molecule has 6 atom stereocenters. The third-order valence-corrected chi connectivity index (χ3v) is 9.69. The predicted octanol–water partition coefficient (Wildman–Crippen LogP) is -1.35. The number of carbonyl (C=O) groups is 6. The minimum absolute atomic E-state index is 0.142. The van der Waals surface area contributed by atoms with Crippen LogP contribution >= 0.6 is 0 Å². The number of phenols is 1. The molecule has 14 heteroatoms. The average Bonchev–Trinajstić information content (AvgIpc) is 2.95. The Hall–Kier alpha value is -4.81. The van der Waals surface area contributed by atoms with E-state index >= 15 is 0 Å². The van der Waals surface area contributed by atoms with Gasteiger partial charge in [-0.15, -0.1) is 0 Å². The van der Waals surface area contributed by atoms with Crippen LogP contribution in [0.2, 0.25) is 0 Å². The summed E-state index contributed by atoms with van der Waals surface area (Å²) in [5.74, 6) is -10.3. The molecule has 3 aliphatic rings. The maximum atomic E-state index is 14.5. The summed E-state index contributed by atoms with van der Waals surface area (Å²) in [6.07, 6.45) is -0.680. The first-order chi connectivity index (χ1) is 21.9. The van der Waals surface area contributed by atoms with Crippen LogP contribution in [-0.4, -0.2) is 102 Å². The first kappa shape index (κ1) is 33.6. The third kappa shape index (κ3) is 4.85. The standard InChI is InChI=1S/C33H37N7O7/c1-39(2)13-21(42)38-12-16-5-7-17(8-6-16)18-9-10-20(41)22-19(18)11-31(36)14-33(37)27(40(3)4)26(44)23(30(35)47)28(45)32(33,15-34)29(46)24(31)25(22)43/h5-10,23-24,27,41H,11-14,36-37H2,1-4H3,(H2,35,47)(H,38,42)/t23?,24?,27-,31-,32+,33-/m1/s1. The number of hydrogen-bond acceptors (Lipinski definition) is 12. The second kappa shape index (κ2) is 11.5. The lowest BCUT2D eigenvalue weighted by Crippen LogP contribution is -2.85. The molecular formula is C33H37N7O7. The van der Waals surface area contributed by atoms with Gasteiger partial charge >= 0.3 is 0 Å². The van der Waals surface area contributed by atoms with Gasteiger partial charge in [0.1, 0.15) is 11.7 Å². The van der Waals surface area contributed by atoms with Crippen LogP contribution in [-0.2, 0) is 36.9 Å². The second-order valence-corrected chi connectivity index (χ2v) is 13.3. The van der Waals surface area contributed by atoms with Gasteiger partial charge in [-0.1, -0.05) is 30.3 Å². The van der Waals surface area contributed by atoms with Crippen LogP contribution in [0, 0.1) is 28.6 Å². The van der Waals surface area contributed by atoms with Crippen molar-refractivity contribution in [2.75, 3.05) is 34.7 Å². The largest absolute Gasteiger partial charge is 0.507 e. The molecule has 0 radical (unpaired) electrons. The first-order valence-corrected chi connectivity index (χ1v) is 14.9. The van der Waals surface area contributed by atoms with Crippen molar-refractivity contribution in [3.8, 4) is 22.9 Å². The summed E-state index contributed by atoms with van der Waals surface area (Å²) in [6, 6.07) is 10.3. The van der Waals surface area contributed by atoms with Crippen LogP contribution in [0.3, 0.4) is 0 Å². The molecule has 0 spiro atoms. The Bertz CT molecular complexity index is 1780. The number of Topliss-reactive ketones (excluding diaryl/α,β-unsaturated/α-hetero) is 4. The second-order valence-electron chi connectivity index (χ2n) is 13.3. The summed E-state index contributed by atoms with van der Waals surface area (Å²) < 4.78 is 0. The van der Waals surface area contributed by atoms with Crippen LogP contribution in [0.1, 0.15) is 27.9 Å². The van der Waals surface area contributed by atoms with E-state index in [1.54, 1.807) is 55.4 Å². The number of benzene rings is 2. The van der Waals surface area contributed by atoms with Crippen molar-refractivity contribution in [3.05, 3.63) is 53.1 Å². The number of likely N-dealkylation sites (N-methyl/N-ethyl adjacent to an activating group) is 2. The van der Waals surface area contributed by atoms with Gasteiger partial charge in [0.05, 0.1) is 29.8 Å². The molecule has 0 aromatic heterocycles. The van der Waals surface area contributed by atoms with Crippen LogP contribution < -0.4 is 22.5 Å². The minimum atomic E-state index is -2.80. The summed E-state index contributed by atoms with van der Waals surface area (Å²) in [5, 5.41) is 24.3. The molecule has 47 heavy (non-hydrogen) atoms. The summed E-state index contributed by atoms with van der Waals surface area (Å²) in [6.45, 7) is 0.522. The number of nitrogens with one attached hydrogen (secondary N) is 1. The Morgan fingerprint density at radius 2 is 1.66 bits per heavy atom. The number of aromatic hydroxyl groups is 1. The van der Waals surface area contributed by atoms with E-state index in [1.807, 2.05) is 0 Å². The first-order valence-electron chi connectivity index (χ1n) is 14.9. The zero-order valence-electron chi connectivity index (χ0n) is 26.5. The molecule has 246 valence electrons. The SMILES string of the molecule is CN(C)CC(=O)NCc1ccc(-c2ccc(O)c3c2C[C@@]2(N)C[C@@]4(N)[C@H](N(C)C)C(=O)C(C(N)=O)C(=O)[C@@]4(C#N)C(=O)C2C3=O)cc1. The van der Waals surface area contributed by atoms with Crippen molar-refractivity contribution < 1.29 is 33.9 Å². The number of nitriles is 1. The summed E-state index contributed by atoms with van der Waals surface area (Å²) >= 11 is 0. The highest BCUT2D eigenvalue weighted by Gasteiger charge is 2.78. The van der Waals surface area contributed by atoms with Gasteiger partial charge in [0.15, 0.2) is 34.5 Å². The normalized spacial score (nSPS) is 30.0. The van der Waals surface area contributed by atoms with Gasteiger partial charge in [0, 0.05) is 12.1 Å². The molecule has 3 aliphatic carbocycles. The highest BCUT2D eigenvalue weighted by atomic mass is 16.3. The molecule has 0 saturated heterocycles. The van der Waals surface area contributed by atoms with Crippen LogP contribution in [0.4, 0.5) is 0 Å². The van der Waals surface area contributed by atoms with Crippen LogP contribution in [0.15, 0.2) is 36.4 Å². The highest BCUT2D eigenvalue weighted by Crippen LogP contribution is 2.56. The lowest BCUT2D eigenvalue weighted by atomic mass is 9.42. The van der Waals surface area contributed by atoms with Crippen molar-refractivity contribution in [2.45, 2.75) is 36.5 Å². The van der Waals surface area contributed by atoms with Gasteiger partial charge in [-0.25, -0.2) is 0 Å². The molecule has 2 unspecified atom stereocenters. The zero-order chi connectivity index (χ0) is 34.8. The van der Waals surface area contributed by atoms with E-state index in [0.717, 1.165) is 5.56 Å². The Labute approximate surface area is 270 Å². The summed E-state index contributed by atoms with van der Waals surface area (Å²) in [5.41, 5.74) is 14.5. The maximum absolute atomic E-state index is 14.5. The van der Waals surface area contributed by atoms with Gasteiger partial charge in [-0.2, -0.15) is 5.26 Å². The fraction of sp³-hybridized carbons (Fsp3) is 0.424. The summed E-state index contributed by atoms with van der Waals surface area (Å²) in [4.78, 5) is 83.7. The van der Waals surface area contributed by atoms with E-state index in [1.165, 1.54) is 25.1 Å². The van der Waals surface area contributed by atoms with E-state index < -0.39 is 75.6 Å². The van der Waals surface area contributed by atoms with Crippen molar-refractivity contribution in [1.29, 1.82) is 5.26 Å². The van der Waals surface area contributed by atoms with Gasteiger partial charge in [0.2, 0.25) is 11.8 Å². The number of amides is 2. The average molecular weight is 644 g/mol. The molecule has 2 fully saturated rings. The number of fused-ring (bicyclic) bond motifs is 3. The van der Waals surface area contributed by atoms with Crippen molar-refractivity contribution in [3.63, 3.8) is 0 Å². The van der Waals surface area contributed by atoms with E-state index in [9.17, 15) is 39.1 Å². The molecular weight excluding hydrogens is 606 g/mol. The predicted molar refractivity (Wildman–Crippen MR) is 167 cm³/mol. The number of rotatable bonds is 7. The fourth-order valence-corrected chi connectivity index (χ4v) is 7.82. The van der Waals surface area contributed by atoms with E-state index in [-0.39, 0.29) is 31.0 Å². The number of phenolic OH excluding ortho intramolecular Hbond substituents is 1. The number of ketones is 4. The monoisotopic (exact) mass is 643 g/mol. The maximum Gasteiger partial charge on any atom is 0.235 e. The number of primary amides is 1. The van der Waals surface area contributed by atoms with E-state index in [0.29, 0.717) is 16.7 Å². The van der Waals surface area contributed by atoms with Gasteiger partial charge in [-0.05, 0) is 69.4 Å². The molecule has 2 aromatic rings. The Morgan fingerprint density at radius 1 is 1.02 bits per heavy atom. The third-order valence-electron chi connectivity index (χ3n) is 9.69. The van der Waals surface area contributed by atoms with Gasteiger partial charge in [-0.3, -0.25) is 33.7 Å².